The quantitative estimate of drug-likeness (QED) is 0.911. The molecule has 0 aliphatic heterocycles. The first-order valence-electron chi connectivity index (χ1n) is 4.93. The first-order chi connectivity index (χ1) is 7.75. The summed E-state index contributed by atoms with van der Waals surface area (Å²) in [5, 5.41) is 5.31. The molecule has 16 heavy (non-hydrogen) atoms. The molecule has 0 saturated heterocycles. The van der Waals surface area contributed by atoms with E-state index < -0.39 is 0 Å². The third-order valence-corrected chi connectivity index (χ3v) is 3.50. The molecule has 84 valence electrons. The fraction of sp³-hybridized carbons (Fsp3) is 0.182. The minimum Gasteiger partial charge on any atom is -0.396 e. The number of hydrogen-bond donors (Lipinski definition) is 2. The highest BCUT2D eigenvalue weighted by Crippen LogP contribution is 2.19. The van der Waals surface area contributed by atoms with Gasteiger partial charge in [0.1, 0.15) is 5.82 Å². The Morgan fingerprint density at radius 2 is 2.38 bits per heavy atom. The monoisotopic (exact) mass is 297 g/mol. The molecule has 0 amide bonds. The molecule has 2 aromatic rings. The van der Waals surface area contributed by atoms with Crippen LogP contribution in [0.15, 0.2) is 34.2 Å². The Bertz CT molecular complexity index is 456. The average molecular weight is 298 g/mol. The van der Waals surface area contributed by atoms with E-state index in [4.69, 9.17) is 5.73 Å². The van der Waals surface area contributed by atoms with E-state index >= 15 is 0 Å². The zero-order chi connectivity index (χ0) is 11.4. The highest BCUT2D eigenvalue weighted by molar-refractivity contribution is 9.10. The number of nitrogens with zero attached hydrogens (tertiary/aromatic N) is 1. The fourth-order valence-electron chi connectivity index (χ4n) is 1.36. The fourth-order valence-corrected chi connectivity index (χ4v) is 2.42. The van der Waals surface area contributed by atoms with E-state index in [2.05, 4.69) is 43.7 Å². The molecule has 0 aromatic carbocycles. The van der Waals surface area contributed by atoms with E-state index in [9.17, 15) is 0 Å². The number of halogens is 1. The van der Waals surface area contributed by atoms with E-state index in [1.54, 1.807) is 17.5 Å². The van der Waals surface area contributed by atoms with Crippen LogP contribution >= 0.6 is 27.3 Å². The molecule has 2 heterocycles. The molecule has 0 aliphatic rings. The standard InChI is InChI=1S/C11H12BrN3S/c12-8-6-10(13)11(15-7-8)14-4-3-9-2-1-5-16-9/h1-2,5-7H,3-4,13H2,(H,14,15). The van der Waals surface area contributed by atoms with Crippen molar-refractivity contribution in [2.24, 2.45) is 0 Å². The van der Waals surface area contributed by atoms with Crippen molar-refractivity contribution >= 4 is 38.8 Å². The van der Waals surface area contributed by atoms with Gasteiger partial charge in [-0.25, -0.2) is 4.98 Å². The van der Waals surface area contributed by atoms with Crippen LogP contribution in [0.5, 0.6) is 0 Å². The Kier molecular flexibility index (Phi) is 3.79. The van der Waals surface area contributed by atoms with Crippen molar-refractivity contribution in [2.45, 2.75) is 6.42 Å². The van der Waals surface area contributed by atoms with E-state index in [0.29, 0.717) is 5.69 Å². The zero-order valence-corrected chi connectivity index (χ0v) is 11.0. The number of rotatable bonds is 4. The van der Waals surface area contributed by atoms with Gasteiger partial charge in [-0.2, -0.15) is 0 Å². The van der Waals surface area contributed by atoms with Crippen LogP contribution in [0.1, 0.15) is 4.88 Å². The SMILES string of the molecule is Nc1cc(Br)cnc1NCCc1cccs1. The maximum absolute atomic E-state index is 5.83. The highest BCUT2D eigenvalue weighted by Gasteiger charge is 2.01. The van der Waals surface area contributed by atoms with Crippen LogP contribution in [0.4, 0.5) is 11.5 Å². The molecule has 2 rings (SSSR count). The van der Waals surface area contributed by atoms with Gasteiger partial charge in [0.25, 0.3) is 0 Å². The molecule has 3 N–H and O–H groups in total. The van der Waals surface area contributed by atoms with Crippen molar-refractivity contribution in [3.63, 3.8) is 0 Å². The number of nitrogens with two attached hydrogens (primary N) is 1. The van der Waals surface area contributed by atoms with Gasteiger partial charge in [0, 0.05) is 22.1 Å². The molecule has 0 fully saturated rings. The van der Waals surface area contributed by atoms with Crippen molar-refractivity contribution in [3.8, 4) is 0 Å². The summed E-state index contributed by atoms with van der Waals surface area (Å²) in [7, 11) is 0. The van der Waals surface area contributed by atoms with Crippen LogP contribution in [0.25, 0.3) is 0 Å². The van der Waals surface area contributed by atoms with Gasteiger partial charge >= 0.3 is 0 Å². The first kappa shape index (κ1) is 11.4. The number of hydrogen-bond acceptors (Lipinski definition) is 4. The summed E-state index contributed by atoms with van der Waals surface area (Å²) >= 11 is 5.09. The Labute approximate surface area is 107 Å². The number of thiophene rings is 1. The molecule has 0 aliphatic carbocycles. The predicted molar refractivity (Wildman–Crippen MR) is 72.9 cm³/mol. The van der Waals surface area contributed by atoms with Crippen LogP contribution in [-0.4, -0.2) is 11.5 Å². The zero-order valence-electron chi connectivity index (χ0n) is 8.61. The molecular formula is C11H12BrN3S. The summed E-state index contributed by atoms with van der Waals surface area (Å²) in [5.41, 5.74) is 6.50. The summed E-state index contributed by atoms with van der Waals surface area (Å²) in [6, 6.07) is 6.04. The normalized spacial score (nSPS) is 10.3. The third kappa shape index (κ3) is 2.96. The van der Waals surface area contributed by atoms with E-state index in [1.165, 1.54) is 4.88 Å². The number of anilines is 2. The second-order valence-electron chi connectivity index (χ2n) is 3.35. The Morgan fingerprint density at radius 3 is 3.06 bits per heavy atom. The Hall–Kier alpha value is -1.07. The smallest absolute Gasteiger partial charge is 0.149 e. The lowest BCUT2D eigenvalue weighted by Crippen LogP contribution is -2.07. The predicted octanol–water partition coefficient (Wildman–Crippen LogP) is 3.14. The highest BCUT2D eigenvalue weighted by atomic mass is 79.9. The Morgan fingerprint density at radius 1 is 1.50 bits per heavy atom. The largest absolute Gasteiger partial charge is 0.396 e. The lowest BCUT2D eigenvalue weighted by atomic mass is 10.3. The van der Waals surface area contributed by atoms with Crippen LogP contribution in [-0.2, 0) is 6.42 Å². The first-order valence-corrected chi connectivity index (χ1v) is 6.60. The average Bonchev–Trinajstić information content (AvgIpc) is 2.74. The van der Waals surface area contributed by atoms with E-state index in [0.717, 1.165) is 23.3 Å². The van der Waals surface area contributed by atoms with Gasteiger partial charge in [0.05, 0.1) is 5.69 Å². The molecule has 0 radical (unpaired) electrons. The van der Waals surface area contributed by atoms with Crippen LogP contribution < -0.4 is 11.1 Å². The molecular weight excluding hydrogens is 286 g/mol. The summed E-state index contributed by atoms with van der Waals surface area (Å²) in [4.78, 5) is 5.58. The molecule has 0 bridgehead atoms. The third-order valence-electron chi connectivity index (χ3n) is 2.13. The number of nitrogen functional groups attached to an aromatic ring is 1. The van der Waals surface area contributed by atoms with Crippen molar-refractivity contribution in [1.29, 1.82) is 0 Å². The van der Waals surface area contributed by atoms with Gasteiger partial charge in [-0.05, 0) is 39.9 Å². The van der Waals surface area contributed by atoms with Gasteiger partial charge < -0.3 is 11.1 Å². The van der Waals surface area contributed by atoms with E-state index in [1.807, 2.05) is 6.07 Å². The van der Waals surface area contributed by atoms with E-state index in [-0.39, 0.29) is 0 Å². The number of pyridine rings is 1. The van der Waals surface area contributed by atoms with Crippen LogP contribution in [0.3, 0.4) is 0 Å². The minimum atomic E-state index is 0.667. The Balaban J connectivity index is 1.90. The summed E-state index contributed by atoms with van der Waals surface area (Å²) in [6.45, 7) is 0.847. The van der Waals surface area contributed by atoms with Crippen LogP contribution in [0, 0.1) is 0 Å². The van der Waals surface area contributed by atoms with Crippen molar-refractivity contribution in [2.75, 3.05) is 17.6 Å². The van der Waals surface area contributed by atoms with Gasteiger partial charge in [0.15, 0.2) is 0 Å². The summed E-state index contributed by atoms with van der Waals surface area (Å²) in [6.07, 6.45) is 2.73. The van der Waals surface area contributed by atoms with Crippen molar-refractivity contribution in [1.82, 2.24) is 4.98 Å². The molecule has 0 saturated carbocycles. The second-order valence-corrected chi connectivity index (χ2v) is 5.30. The second kappa shape index (κ2) is 5.32. The van der Waals surface area contributed by atoms with Gasteiger partial charge in [-0.1, -0.05) is 6.07 Å². The molecule has 0 atom stereocenters. The maximum Gasteiger partial charge on any atom is 0.149 e. The molecule has 5 heteroatoms. The number of nitrogens with one attached hydrogen (secondary N) is 1. The molecule has 0 spiro atoms. The lowest BCUT2D eigenvalue weighted by molar-refractivity contribution is 1.03. The lowest BCUT2D eigenvalue weighted by Gasteiger charge is -2.07. The molecule has 0 unspecified atom stereocenters. The van der Waals surface area contributed by atoms with Gasteiger partial charge in [-0.3, -0.25) is 0 Å². The molecule has 3 nitrogen and oxygen atoms in total. The van der Waals surface area contributed by atoms with Crippen LogP contribution in [0.2, 0.25) is 0 Å². The number of aromatic nitrogens is 1. The summed E-state index contributed by atoms with van der Waals surface area (Å²) < 4.78 is 0.897. The molecule has 2 aromatic heterocycles. The van der Waals surface area contributed by atoms with Gasteiger partial charge in [-0.15, -0.1) is 11.3 Å². The van der Waals surface area contributed by atoms with Gasteiger partial charge in [0.2, 0.25) is 0 Å². The van der Waals surface area contributed by atoms with Crippen molar-refractivity contribution < 1.29 is 0 Å². The summed E-state index contributed by atoms with van der Waals surface area (Å²) in [5.74, 6) is 0.750. The maximum atomic E-state index is 5.83. The minimum absolute atomic E-state index is 0.667. The van der Waals surface area contributed by atoms with Crippen molar-refractivity contribution in [3.05, 3.63) is 39.1 Å². The topological polar surface area (TPSA) is 50.9 Å².